The molecule has 0 spiro atoms. The Kier molecular flexibility index (Phi) is 3.09. The van der Waals surface area contributed by atoms with Gasteiger partial charge in [-0.3, -0.25) is 14.7 Å². The Hall–Kier alpha value is -0.980. The average molecular weight is 253 g/mol. The van der Waals surface area contributed by atoms with Crippen LogP contribution in [0.1, 0.15) is 11.3 Å². The van der Waals surface area contributed by atoms with Crippen LogP contribution >= 0.6 is 11.3 Å². The standard InChI is InChI=1S/C11H15N3O2S/c15-11-6-16-10-1-2-14(5-9(10)13-11)4-8-3-12-7-17-8/h3,7,9-10H,1-2,4-6H2,(H,13,15)/t9-,10-/m0/s1. The number of aromatic nitrogens is 1. The van der Waals surface area contributed by atoms with Gasteiger partial charge in [-0.15, -0.1) is 11.3 Å². The molecule has 0 unspecified atom stereocenters. The molecule has 2 atom stereocenters. The molecule has 0 saturated carbocycles. The van der Waals surface area contributed by atoms with Crippen LogP contribution in [0, 0.1) is 0 Å². The molecule has 0 aromatic carbocycles. The number of ether oxygens (including phenoxy) is 1. The van der Waals surface area contributed by atoms with Gasteiger partial charge in [-0.05, 0) is 6.42 Å². The molecule has 17 heavy (non-hydrogen) atoms. The minimum Gasteiger partial charge on any atom is -0.366 e. The predicted octanol–water partition coefficient (Wildman–Crippen LogP) is 0.232. The van der Waals surface area contributed by atoms with Crippen molar-refractivity contribution in [2.24, 2.45) is 0 Å². The number of hydrogen-bond donors (Lipinski definition) is 1. The van der Waals surface area contributed by atoms with Crippen LogP contribution in [0.3, 0.4) is 0 Å². The van der Waals surface area contributed by atoms with Crippen LogP contribution in [-0.4, -0.2) is 47.6 Å². The summed E-state index contributed by atoms with van der Waals surface area (Å²) in [6.07, 6.45) is 3.10. The molecule has 1 aromatic heterocycles. The van der Waals surface area contributed by atoms with Gasteiger partial charge in [0.2, 0.25) is 5.91 Å². The maximum Gasteiger partial charge on any atom is 0.246 e. The number of nitrogens with one attached hydrogen (secondary N) is 1. The van der Waals surface area contributed by atoms with E-state index >= 15 is 0 Å². The molecule has 2 saturated heterocycles. The molecule has 1 aromatic rings. The van der Waals surface area contributed by atoms with Gasteiger partial charge in [0.25, 0.3) is 0 Å². The number of likely N-dealkylation sites (tertiary alicyclic amines) is 1. The summed E-state index contributed by atoms with van der Waals surface area (Å²) in [5.74, 6) is 0.00545. The van der Waals surface area contributed by atoms with Crippen molar-refractivity contribution < 1.29 is 9.53 Å². The number of thiazole rings is 1. The van der Waals surface area contributed by atoms with Crippen molar-refractivity contribution in [3.05, 3.63) is 16.6 Å². The fourth-order valence-electron chi connectivity index (χ4n) is 2.45. The summed E-state index contributed by atoms with van der Waals surface area (Å²) < 4.78 is 5.53. The molecule has 2 fully saturated rings. The van der Waals surface area contributed by atoms with Crippen molar-refractivity contribution in [1.29, 1.82) is 0 Å². The topological polar surface area (TPSA) is 54.5 Å². The molecule has 1 amide bonds. The van der Waals surface area contributed by atoms with E-state index in [9.17, 15) is 4.79 Å². The molecule has 3 heterocycles. The second kappa shape index (κ2) is 4.72. The van der Waals surface area contributed by atoms with Gasteiger partial charge in [0.1, 0.15) is 6.61 Å². The van der Waals surface area contributed by atoms with E-state index in [2.05, 4.69) is 15.2 Å². The lowest BCUT2D eigenvalue weighted by molar-refractivity contribution is -0.140. The summed E-state index contributed by atoms with van der Waals surface area (Å²) in [5.41, 5.74) is 1.85. The molecular weight excluding hydrogens is 238 g/mol. The zero-order valence-electron chi connectivity index (χ0n) is 9.46. The highest BCUT2D eigenvalue weighted by Crippen LogP contribution is 2.20. The van der Waals surface area contributed by atoms with Crippen LogP contribution in [0.15, 0.2) is 11.7 Å². The first-order chi connectivity index (χ1) is 8.31. The quantitative estimate of drug-likeness (QED) is 0.820. The minimum atomic E-state index is 0.00545. The summed E-state index contributed by atoms with van der Waals surface area (Å²) in [5, 5.41) is 3.01. The van der Waals surface area contributed by atoms with E-state index in [0.717, 1.165) is 26.1 Å². The summed E-state index contributed by atoms with van der Waals surface area (Å²) in [6.45, 7) is 3.03. The average Bonchev–Trinajstić information content (AvgIpc) is 2.81. The van der Waals surface area contributed by atoms with Gasteiger partial charge in [-0.2, -0.15) is 0 Å². The highest BCUT2D eigenvalue weighted by Gasteiger charge is 2.34. The normalized spacial score (nSPS) is 29.8. The van der Waals surface area contributed by atoms with Gasteiger partial charge in [-0.25, -0.2) is 0 Å². The number of piperidine rings is 1. The van der Waals surface area contributed by atoms with Crippen molar-refractivity contribution in [2.75, 3.05) is 19.7 Å². The van der Waals surface area contributed by atoms with E-state index in [4.69, 9.17) is 4.74 Å². The van der Waals surface area contributed by atoms with E-state index in [0.29, 0.717) is 0 Å². The second-order valence-electron chi connectivity index (χ2n) is 4.51. The molecule has 2 aliphatic rings. The van der Waals surface area contributed by atoms with E-state index in [1.807, 2.05) is 11.7 Å². The fraction of sp³-hybridized carbons (Fsp3) is 0.636. The van der Waals surface area contributed by atoms with Crippen molar-refractivity contribution in [1.82, 2.24) is 15.2 Å². The van der Waals surface area contributed by atoms with E-state index in [1.54, 1.807) is 11.3 Å². The Morgan fingerprint density at radius 2 is 2.59 bits per heavy atom. The molecule has 92 valence electrons. The van der Waals surface area contributed by atoms with Crippen molar-refractivity contribution >= 4 is 17.2 Å². The molecule has 6 heteroatoms. The van der Waals surface area contributed by atoms with Crippen LogP contribution in [0.5, 0.6) is 0 Å². The van der Waals surface area contributed by atoms with Gasteiger partial charge in [0.05, 0.1) is 17.7 Å². The summed E-state index contributed by atoms with van der Waals surface area (Å²) in [4.78, 5) is 19.0. The van der Waals surface area contributed by atoms with Gasteiger partial charge >= 0.3 is 0 Å². The third-order valence-electron chi connectivity index (χ3n) is 3.27. The van der Waals surface area contributed by atoms with E-state index < -0.39 is 0 Å². The summed E-state index contributed by atoms with van der Waals surface area (Å²) in [7, 11) is 0. The Morgan fingerprint density at radius 1 is 1.65 bits per heavy atom. The summed E-state index contributed by atoms with van der Waals surface area (Å²) >= 11 is 1.68. The van der Waals surface area contributed by atoms with Crippen LogP contribution in [0.25, 0.3) is 0 Å². The Balaban J connectivity index is 1.60. The Labute approximate surface area is 104 Å². The lowest BCUT2D eigenvalue weighted by Gasteiger charge is -2.40. The zero-order chi connectivity index (χ0) is 11.7. The predicted molar refractivity (Wildman–Crippen MR) is 63.7 cm³/mol. The largest absolute Gasteiger partial charge is 0.366 e. The molecule has 0 radical (unpaired) electrons. The third kappa shape index (κ3) is 2.48. The van der Waals surface area contributed by atoms with Gasteiger partial charge in [0, 0.05) is 30.7 Å². The first-order valence-electron chi connectivity index (χ1n) is 5.82. The number of fused-ring (bicyclic) bond motifs is 1. The number of amides is 1. The molecular formula is C11H15N3O2S. The molecule has 2 aliphatic heterocycles. The van der Waals surface area contributed by atoms with E-state index in [1.165, 1.54) is 4.88 Å². The first kappa shape index (κ1) is 11.1. The lowest BCUT2D eigenvalue weighted by atomic mass is 10.0. The fourth-order valence-corrected chi connectivity index (χ4v) is 3.09. The second-order valence-corrected chi connectivity index (χ2v) is 5.49. The minimum absolute atomic E-state index is 0.00545. The molecule has 0 bridgehead atoms. The molecule has 5 nitrogen and oxygen atoms in total. The summed E-state index contributed by atoms with van der Waals surface area (Å²) in [6, 6.07) is 0.151. The van der Waals surface area contributed by atoms with Crippen LogP contribution in [0.2, 0.25) is 0 Å². The van der Waals surface area contributed by atoms with Crippen LogP contribution < -0.4 is 5.32 Å². The number of nitrogens with zero attached hydrogens (tertiary/aromatic N) is 2. The SMILES string of the molecule is O=C1CO[C@H]2CCN(Cc3cncs3)C[C@@H]2N1. The number of carbonyl (C=O) groups excluding carboxylic acids is 1. The van der Waals surface area contributed by atoms with Crippen molar-refractivity contribution in [2.45, 2.75) is 25.1 Å². The number of hydrogen-bond acceptors (Lipinski definition) is 5. The first-order valence-corrected chi connectivity index (χ1v) is 6.70. The molecule has 3 rings (SSSR count). The Morgan fingerprint density at radius 3 is 3.41 bits per heavy atom. The van der Waals surface area contributed by atoms with Gasteiger partial charge in [0.15, 0.2) is 0 Å². The van der Waals surface area contributed by atoms with Gasteiger partial charge < -0.3 is 10.1 Å². The lowest BCUT2D eigenvalue weighted by Crippen LogP contribution is -2.59. The highest BCUT2D eigenvalue weighted by atomic mass is 32.1. The number of rotatable bonds is 2. The van der Waals surface area contributed by atoms with Crippen molar-refractivity contribution in [3.8, 4) is 0 Å². The third-order valence-corrected chi connectivity index (χ3v) is 4.04. The number of morpholine rings is 1. The Bertz CT molecular complexity index is 395. The zero-order valence-corrected chi connectivity index (χ0v) is 10.3. The van der Waals surface area contributed by atoms with Crippen LogP contribution in [-0.2, 0) is 16.1 Å². The highest BCUT2D eigenvalue weighted by molar-refractivity contribution is 7.09. The molecule has 0 aliphatic carbocycles. The van der Waals surface area contributed by atoms with E-state index in [-0.39, 0.29) is 24.7 Å². The maximum atomic E-state index is 11.3. The van der Waals surface area contributed by atoms with Crippen LogP contribution in [0.4, 0.5) is 0 Å². The maximum absolute atomic E-state index is 11.3. The smallest absolute Gasteiger partial charge is 0.246 e. The number of carbonyl (C=O) groups is 1. The van der Waals surface area contributed by atoms with Gasteiger partial charge in [-0.1, -0.05) is 0 Å². The monoisotopic (exact) mass is 253 g/mol. The van der Waals surface area contributed by atoms with Crippen molar-refractivity contribution in [3.63, 3.8) is 0 Å². The molecule has 1 N–H and O–H groups in total.